The molecule has 9 heteroatoms. The van der Waals surface area contributed by atoms with Crippen molar-refractivity contribution in [3.63, 3.8) is 0 Å². The van der Waals surface area contributed by atoms with Gasteiger partial charge >= 0.3 is 5.97 Å². The van der Waals surface area contributed by atoms with Gasteiger partial charge in [-0.3, -0.25) is 10.1 Å². The van der Waals surface area contributed by atoms with Crippen LogP contribution in [0.15, 0.2) is 29.6 Å². The molecule has 0 radical (unpaired) electrons. The fraction of sp³-hybridized carbons (Fsp3) is 0.222. The van der Waals surface area contributed by atoms with Crippen LogP contribution in [0.5, 0.6) is 5.75 Å². The predicted molar refractivity (Wildman–Crippen MR) is 105 cm³/mol. The maximum Gasteiger partial charge on any atom is 0.357 e. The Hall–Kier alpha value is -2.78. The third-order valence-corrected chi connectivity index (χ3v) is 5.24. The van der Waals surface area contributed by atoms with Gasteiger partial charge in [-0.15, -0.1) is 22.7 Å². The lowest BCUT2D eigenvalue weighted by Crippen LogP contribution is -2.12. The summed E-state index contributed by atoms with van der Waals surface area (Å²) >= 11 is 2.46. The Balaban J connectivity index is 1.82. The highest BCUT2D eigenvalue weighted by molar-refractivity contribution is 7.15. The van der Waals surface area contributed by atoms with E-state index in [-0.39, 0.29) is 18.2 Å². The van der Waals surface area contributed by atoms with E-state index in [1.54, 1.807) is 19.4 Å². The summed E-state index contributed by atoms with van der Waals surface area (Å²) < 4.78 is 10.1. The normalized spacial score (nSPS) is 10.5. The van der Waals surface area contributed by atoms with Crippen molar-refractivity contribution in [1.82, 2.24) is 9.97 Å². The highest BCUT2D eigenvalue weighted by Gasteiger charge is 2.20. The van der Waals surface area contributed by atoms with Crippen molar-refractivity contribution in [3.8, 4) is 17.0 Å². The molecule has 3 aromatic rings. The standard InChI is InChI=1S/C18H17N3O4S2/c1-4-25-17(23)13-9-26-18(20-13)21-16(22)15-14(19-10(2)27-15)11-5-7-12(24-3)8-6-11/h5-9H,4H2,1-3H3,(H,20,21,22). The second kappa shape index (κ2) is 8.28. The van der Waals surface area contributed by atoms with Crippen molar-refractivity contribution in [2.75, 3.05) is 19.0 Å². The van der Waals surface area contributed by atoms with Crippen LogP contribution in [-0.4, -0.2) is 35.6 Å². The number of thiazole rings is 2. The summed E-state index contributed by atoms with van der Waals surface area (Å²) in [6, 6.07) is 7.34. The van der Waals surface area contributed by atoms with Crippen molar-refractivity contribution >= 4 is 39.7 Å². The van der Waals surface area contributed by atoms with Gasteiger partial charge in [-0.05, 0) is 38.1 Å². The van der Waals surface area contributed by atoms with Crippen LogP contribution >= 0.6 is 22.7 Å². The highest BCUT2D eigenvalue weighted by Crippen LogP contribution is 2.30. The van der Waals surface area contributed by atoms with E-state index >= 15 is 0 Å². The van der Waals surface area contributed by atoms with E-state index in [0.717, 1.165) is 27.7 Å². The number of rotatable bonds is 6. The maximum atomic E-state index is 12.7. The monoisotopic (exact) mass is 403 g/mol. The first kappa shape index (κ1) is 19.0. The van der Waals surface area contributed by atoms with E-state index in [0.29, 0.717) is 15.7 Å². The van der Waals surface area contributed by atoms with Gasteiger partial charge in [0.15, 0.2) is 10.8 Å². The van der Waals surface area contributed by atoms with Crippen LogP contribution in [-0.2, 0) is 4.74 Å². The van der Waals surface area contributed by atoms with Gasteiger partial charge in [-0.1, -0.05) is 0 Å². The van der Waals surface area contributed by atoms with E-state index in [4.69, 9.17) is 9.47 Å². The van der Waals surface area contributed by atoms with Crippen molar-refractivity contribution in [3.05, 3.63) is 45.2 Å². The number of ether oxygens (including phenoxy) is 2. The number of aromatic nitrogens is 2. The minimum absolute atomic E-state index is 0.174. The van der Waals surface area contributed by atoms with Crippen LogP contribution in [0.1, 0.15) is 32.1 Å². The molecule has 1 amide bonds. The molecule has 0 atom stereocenters. The van der Waals surface area contributed by atoms with Gasteiger partial charge in [0.25, 0.3) is 5.91 Å². The molecular weight excluding hydrogens is 386 g/mol. The molecule has 1 aromatic carbocycles. The van der Waals surface area contributed by atoms with Crippen LogP contribution in [0.4, 0.5) is 5.13 Å². The molecule has 0 unspecified atom stereocenters. The van der Waals surface area contributed by atoms with Crippen molar-refractivity contribution < 1.29 is 19.1 Å². The molecule has 0 fully saturated rings. The lowest BCUT2D eigenvalue weighted by molar-refractivity contribution is 0.0520. The number of carbonyl (C=O) groups excluding carboxylic acids is 2. The average Bonchev–Trinajstić information content (AvgIpc) is 3.29. The summed E-state index contributed by atoms with van der Waals surface area (Å²) in [5.74, 6) is -0.107. The molecule has 2 aromatic heterocycles. The topological polar surface area (TPSA) is 90.4 Å². The van der Waals surface area contributed by atoms with Crippen molar-refractivity contribution in [2.24, 2.45) is 0 Å². The number of anilines is 1. The zero-order valence-electron chi connectivity index (χ0n) is 14.9. The second-order valence-electron chi connectivity index (χ2n) is 5.35. The lowest BCUT2D eigenvalue weighted by atomic mass is 10.1. The zero-order valence-corrected chi connectivity index (χ0v) is 16.6. The molecule has 0 saturated carbocycles. The Bertz CT molecular complexity index is 963. The van der Waals surface area contributed by atoms with E-state index in [9.17, 15) is 9.59 Å². The van der Waals surface area contributed by atoms with E-state index < -0.39 is 5.97 Å². The molecule has 0 saturated heterocycles. The summed E-state index contributed by atoms with van der Waals surface area (Å²) in [5, 5.41) is 5.38. The molecule has 3 rings (SSSR count). The maximum absolute atomic E-state index is 12.7. The quantitative estimate of drug-likeness (QED) is 0.626. The van der Waals surface area contributed by atoms with E-state index in [1.165, 1.54) is 11.3 Å². The Morgan fingerprint density at radius 2 is 1.93 bits per heavy atom. The number of methoxy groups -OCH3 is 1. The predicted octanol–water partition coefficient (Wildman–Crippen LogP) is 4.01. The molecule has 0 aliphatic heterocycles. The molecule has 0 aliphatic carbocycles. The SMILES string of the molecule is CCOC(=O)c1csc(NC(=O)c2sc(C)nc2-c2ccc(OC)cc2)n1. The third kappa shape index (κ3) is 4.32. The Morgan fingerprint density at radius 1 is 1.19 bits per heavy atom. The summed E-state index contributed by atoms with van der Waals surface area (Å²) in [6.07, 6.45) is 0. The number of amides is 1. The molecule has 7 nitrogen and oxygen atoms in total. The Morgan fingerprint density at radius 3 is 2.59 bits per heavy atom. The smallest absolute Gasteiger partial charge is 0.357 e. The van der Waals surface area contributed by atoms with Gasteiger partial charge in [0.05, 0.1) is 24.4 Å². The second-order valence-corrected chi connectivity index (χ2v) is 7.41. The number of nitrogens with one attached hydrogen (secondary N) is 1. The first-order valence-electron chi connectivity index (χ1n) is 8.07. The number of carbonyl (C=O) groups is 2. The number of aryl methyl sites for hydroxylation is 1. The number of hydrogen-bond donors (Lipinski definition) is 1. The van der Waals surface area contributed by atoms with Crippen LogP contribution in [0.2, 0.25) is 0 Å². The summed E-state index contributed by atoms with van der Waals surface area (Å²) in [6.45, 7) is 3.83. The fourth-order valence-electron chi connectivity index (χ4n) is 2.31. The summed E-state index contributed by atoms with van der Waals surface area (Å²) in [4.78, 5) is 33.5. The number of esters is 1. The molecule has 2 heterocycles. The Labute approximate surface area is 164 Å². The summed E-state index contributed by atoms with van der Waals surface area (Å²) in [7, 11) is 1.60. The number of nitrogens with zero attached hydrogens (tertiary/aromatic N) is 2. The molecule has 0 spiro atoms. The zero-order chi connectivity index (χ0) is 19.4. The lowest BCUT2D eigenvalue weighted by Gasteiger charge is -2.04. The van der Waals surface area contributed by atoms with Crippen LogP contribution < -0.4 is 10.1 Å². The first-order chi connectivity index (χ1) is 13.0. The third-order valence-electron chi connectivity index (χ3n) is 3.51. The number of hydrogen-bond acceptors (Lipinski definition) is 8. The first-order valence-corrected chi connectivity index (χ1v) is 9.77. The fourth-order valence-corrected chi connectivity index (χ4v) is 3.82. The largest absolute Gasteiger partial charge is 0.497 e. The van der Waals surface area contributed by atoms with Crippen molar-refractivity contribution in [2.45, 2.75) is 13.8 Å². The van der Waals surface area contributed by atoms with Gasteiger partial charge in [-0.25, -0.2) is 14.8 Å². The molecule has 140 valence electrons. The summed E-state index contributed by atoms with van der Waals surface area (Å²) in [5.41, 5.74) is 1.59. The molecular formula is C18H17N3O4S2. The van der Waals surface area contributed by atoms with Gasteiger partial charge in [0.2, 0.25) is 0 Å². The minimum atomic E-state index is -0.512. The molecule has 0 aliphatic rings. The van der Waals surface area contributed by atoms with Crippen LogP contribution in [0.3, 0.4) is 0 Å². The molecule has 27 heavy (non-hydrogen) atoms. The molecule has 0 bridgehead atoms. The van der Waals surface area contributed by atoms with Crippen LogP contribution in [0, 0.1) is 6.92 Å². The minimum Gasteiger partial charge on any atom is -0.497 e. The van der Waals surface area contributed by atoms with E-state index in [2.05, 4.69) is 15.3 Å². The molecule has 1 N–H and O–H groups in total. The highest BCUT2D eigenvalue weighted by atomic mass is 32.1. The van der Waals surface area contributed by atoms with Gasteiger partial charge in [0.1, 0.15) is 10.6 Å². The van der Waals surface area contributed by atoms with Gasteiger partial charge < -0.3 is 9.47 Å². The number of benzene rings is 1. The Kier molecular flexibility index (Phi) is 5.82. The van der Waals surface area contributed by atoms with Gasteiger partial charge in [0, 0.05) is 10.9 Å². The van der Waals surface area contributed by atoms with Gasteiger partial charge in [-0.2, -0.15) is 0 Å². The average molecular weight is 403 g/mol. The van der Waals surface area contributed by atoms with Crippen LogP contribution in [0.25, 0.3) is 11.3 Å². The van der Waals surface area contributed by atoms with Crippen molar-refractivity contribution in [1.29, 1.82) is 0 Å². The van der Waals surface area contributed by atoms with E-state index in [1.807, 2.05) is 31.2 Å².